The molecule has 25 heavy (non-hydrogen) atoms. The minimum absolute atomic E-state index is 0. The van der Waals surface area contributed by atoms with Crippen LogP contribution in [-0.4, -0.2) is 40.1 Å². The first-order chi connectivity index (χ1) is 11.2. The summed E-state index contributed by atoms with van der Waals surface area (Å²) in [6.45, 7) is 3.82. The van der Waals surface area contributed by atoms with Gasteiger partial charge >= 0.3 is 0 Å². The molecule has 1 aliphatic rings. The summed E-state index contributed by atoms with van der Waals surface area (Å²) in [5.74, 6) is 0.316. The van der Waals surface area contributed by atoms with Gasteiger partial charge in [-0.05, 0) is 50.8 Å². The lowest BCUT2D eigenvalue weighted by molar-refractivity contribution is 0.0950. The van der Waals surface area contributed by atoms with Gasteiger partial charge < -0.3 is 15.8 Å². The minimum Gasteiger partial charge on any atom is -0.495 e. The molecular formula is C16H26ClN3O4S. The number of hydrogen-bond donors (Lipinski definition) is 3. The van der Waals surface area contributed by atoms with E-state index in [-0.39, 0.29) is 46.6 Å². The number of carbonyl (C=O) groups excluding carboxylic acids is 1. The zero-order valence-corrected chi connectivity index (χ0v) is 16.2. The number of sulfonamides is 1. The monoisotopic (exact) mass is 391 g/mol. The van der Waals surface area contributed by atoms with Crippen molar-refractivity contribution in [3.8, 4) is 5.75 Å². The molecule has 1 aromatic rings. The maximum Gasteiger partial charge on any atom is 0.251 e. The van der Waals surface area contributed by atoms with Crippen molar-refractivity contribution >= 4 is 28.3 Å². The van der Waals surface area contributed by atoms with Crippen LogP contribution < -0.4 is 20.5 Å². The van der Waals surface area contributed by atoms with Crippen LogP contribution in [0.1, 0.15) is 37.0 Å². The normalized spacial score (nSPS) is 15.4. The number of carbonyl (C=O) groups is 1. The molecule has 1 unspecified atom stereocenters. The zero-order valence-electron chi connectivity index (χ0n) is 14.6. The highest BCUT2D eigenvalue weighted by Gasteiger charge is 2.29. The molecule has 1 amide bonds. The largest absolute Gasteiger partial charge is 0.495 e. The molecule has 1 saturated carbocycles. The summed E-state index contributed by atoms with van der Waals surface area (Å²) < 4.78 is 32.4. The molecule has 0 aliphatic heterocycles. The Balaban J connectivity index is 0.00000312. The third-order valence-corrected chi connectivity index (χ3v) is 5.51. The van der Waals surface area contributed by atoms with Gasteiger partial charge in [-0.15, -0.1) is 12.4 Å². The first-order valence-electron chi connectivity index (χ1n) is 7.98. The standard InChI is InChI=1S/C16H25N3O4S.ClH/c1-10(2)19-24(21,22)15-8-12(6-7-14(15)23-3)16(20)18-9-13(17)11-4-5-11;/h6-8,10-11,13,19H,4-5,9,17H2,1-3H3,(H,18,20);1H. The van der Waals surface area contributed by atoms with Crippen LogP contribution in [0.2, 0.25) is 0 Å². The highest BCUT2D eigenvalue weighted by molar-refractivity contribution is 7.89. The number of hydrogen-bond acceptors (Lipinski definition) is 5. The van der Waals surface area contributed by atoms with Crippen molar-refractivity contribution < 1.29 is 17.9 Å². The van der Waals surface area contributed by atoms with Gasteiger partial charge in [0.05, 0.1) is 7.11 Å². The average Bonchev–Trinajstić information content (AvgIpc) is 3.35. The zero-order chi connectivity index (χ0) is 17.9. The average molecular weight is 392 g/mol. The molecule has 4 N–H and O–H groups in total. The predicted octanol–water partition coefficient (Wildman–Crippen LogP) is 1.27. The van der Waals surface area contributed by atoms with E-state index in [1.165, 1.54) is 25.3 Å². The maximum absolute atomic E-state index is 12.4. The van der Waals surface area contributed by atoms with E-state index in [2.05, 4.69) is 10.0 Å². The molecule has 0 heterocycles. The first kappa shape index (κ1) is 21.7. The van der Waals surface area contributed by atoms with Crippen LogP contribution in [0.15, 0.2) is 23.1 Å². The van der Waals surface area contributed by atoms with E-state index in [1.807, 2.05) is 0 Å². The number of rotatable bonds is 8. The molecule has 0 radical (unpaired) electrons. The lowest BCUT2D eigenvalue weighted by Crippen LogP contribution is -2.38. The Hall–Kier alpha value is -1.35. The Morgan fingerprint density at radius 2 is 2.00 bits per heavy atom. The fourth-order valence-electron chi connectivity index (χ4n) is 2.41. The van der Waals surface area contributed by atoms with E-state index in [0.29, 0.717) is 12.5 Å². The highest BCUT2D eigenvalue weighted by Crippen LogP contribution is 2.31. The molecule has 0 aromatic heterocycles. The van der Waals surface area contributed by atoms with Crippen LogP contribution >= 0.6 is 12.4 Å². The second kappa shape index (κ2) is 8.84. The molecule has 2 rings (SSSR count). The first-order valence-corrected chi connectivity index (χ1v) is 9.47. The summed E-state index contributed by atoms with van der Waals surface area (Å²) >= 11 is 0. The van der Waals surface area contributed by atoms with E-state index in [0.717, 1.165) is 12.8 Å². The van der Waals surface area contributed by atoms with E-state index in [9.17, 15) is 13.2 Å². The van der Waals surface area contributed by atoms with Crippen molar-refractivity contribution in [1.82, 2.24) is 10.0 Å². The summed E-state index contributed by atoms with van der Waals surface area (Å²) in [4.78, 5) is 12.2. The van der Waals surface area contributed by atoms with Crippen LogP contribution in [0.25, 0.3) is 0 Å². The number of amides is 1. The Kier molecular flexibility index (Phi) is 7.67. The second-order valence-electron chi connectivity index (χ2n) is 6.35. The number of nitrogens with one attached hydrogen (secondary N) is 2. The lowest BCUT2D eigenvalue weighted by Gasteiger charge is -2.15. The summed E-state index contributed by atoms with van der Waals surface area (Å²) in [7, 11) is -2.39. The fourth-order valence-corrected chi connectivity index (χ4v) is 3.85. The van der Waals surface area contributed by atoms with Crippen molar-refractivity contribution in [2.45, 2.75) is 43.7 Å². The van der Waals surface area contributed by atoms with Crippen molar-refractivity contribution in [3.05, 3.63) is 23.8 Å². The van der Waals surface area contributed by atoms with Crippen LogP contribution in [0.4, 0.5) is 0 Å². The summed E-state index contributed by atoms with van der Waals surface area (Å²) in [6, 6.07) is 4.00. The molecule has 0 bridgehead atoms. The topological polar surface area (TPSA) is 111 Å². The molecule has 1 fully saturated rings. The maximum atomic E-state index is 12.4. The van der Waals surface area contributed by atoms with Gasteiger partial charge in [-0.3, -0.25) is 4.79 Å². The van der Waals surface area contributed by atoms with Gasteiger partial charge in [-0.1, -0.05) is 0 Å². The van der Waals surface area contributed by atoms with Gasteiger partial charge in [-0.2, -0.15) is 0 Å². The highest BCUT2D eigenvalue weighted by atomic mass is 35.5. The van der Waals surface area contributed by atoms with Crippen molar-refractivity contribution in [3.63, 3.8) is 0 Å². The number of ether oxygens (including phenoxy) is 1. The van der Waals surface area contributed by atoms with Crippen molar-refractivity contribution in [1.29, 1.82) is 0 Å². The molecule has 142 valence electrons. The fraction of sp³-hybridized carbons (Fsp3) is 0.562. The van der Waals surface area contributed by atoms with E-state index in [4.69, 9.17) is 10.5 Å². The van der Waals surface area contributed by atoms with E-state index < -0.39 is 10.0 Å². The Bertz CT molecular complexity index is 705. The summed E-state index contributed by atoms with van der Waals surface area (Å²) in [5.41, 5.74) is 6.22. The third kappa shape index (κ3) is 5.85. The Labute approximate surface area is 155 Å². The molecule has 1 atom stereocenters. The van der Waals surface area contributed by atoms with Gasteiger partial charge in [0, 0.05) is 24.2 Å². The quantitative estimate of drug-likeness (QED) is 0.618. The van der Waals surface area contributed by atoms with E-state index >= 15 is 0 Å². The second-order valence-corrected chi connectivity index (χ2v) is 8.04. The molecule has 0 saturated heterocycles. The van der Waals surface area contributed by atoms with Gasteiger partial charge in [0.2, 0.25) is 10.0 Å². The van der Waals surface area contributed by atoms with Gasteiger partial charge in [0.25, 0.3) is 5.91 Å². The number of methoxy groups -OCH3 is 1. The molecule has 1 aromatic carbocycles. The Morgan fingerprint density at radius 1 is 1.36 bits per heavy atom. The third-order valence-electron chi connectivity index (χ3n) is 3.83. The van der Waals surface area contributed by atoms with Gasteiger partial charge in [0.1, 0.15) is 10.6 Å². The molecule has 0 spiro atoms. The van der Waals surface area contributed by atoms with Crippen LogP contribution in [0.3, 0.4) is 0 Å². The SMILES string of the molecule is COc1ccc(C(=O)NCC(N)C2CC2)cc1S(=O)(=O)NC(C)C.Cl. The molecule has 1 aliphatic carbocycles. The van der Waals surface area contributed by atoms with Crippen LogP contribution in [0, 0.1) is 5.92 Å². The number of halogens is 1. The minimum atomic E-state index is -3.77. The lowest BCUT2D eigenvalue weighted by atomic mass is 10.1. The number of nitrogens with two attached hydrogens (primary N) is 1. The Morgan fingerprint density at radius 3 is 2.52 bits per heavy atom. The number of benzene rings is 1. The van der Waals surface area contributed by atoms with Crippen LogP contribution in [-0.2, 0) is 10.0 Å². The van der Waals surface area contributed by atoms with Crippen LogP contribution in [0.5, 0.6) is 5.75 Å². The molecule has 7 nitrogen and oxygen atoms in total. The van der Waals surface area contributed by atoms with Crippen molar-refractivity contribution in [2.75, 3.05) is 13.7 Å². The smallest absolute Gasteiger partial charge is 0.251 e. The van der Waals surface area contributed by atoms with Crippen molar-refractivity contribution in [2.24, 2.45) is 11.7 Å². The molecule has 9 heteroatoms. The summed E-state index contributed by atoms with van der Waals surface area (Å²) in [5, 5.41) is 2.76. The van der Waals surface area contributed by atoms with Gasteiger partial charge in [-0.25, -0.2) is 13.1 Å². The van der Waals surface area contributed by atoms with Gasteiger partial charge in [0.15, 0.2) is 0 Å². The predicted molar refractivity (Wildman–Crippen MR) is 98.7 cm³/mol. The van der Waals surface area contributed by atoms with E-state index in [1.54, 1.807) is 13.8 Å². The molecular weight excluding hydrogens is 366 g/mol. The summed E-state index contributed by atoms with van der Waals surface area (Å²) in [6.07, 6.45) is 2.20.